The topological polar surface area (TPSA) is 78.7 Å². The van der Waals surface area contributed by atoms with Crippen molar-refractivity contribution in [3.05, 3.63) is 18.2 Å². The maximum atomic E-state index is 12.2. The van der Waals surface area contributed by atoms with Gasteiger partial charge < -0.3 is 10.6 Å². The van der Waals surface area contributed by atoms with Gasteiger partial charge in [-0.2, -0.15) is 0 Å². The molecule has 2 fully saturated rings. The summed E-state index contributed by atoms with van der Waals surface area (Å²) < 4.78 is 26.9. The van der Waals surface area contributed by atoms with Crippen molar-refractivity contribution in [1.29, 1.82) is 0 Å². The molecule has 1 atom stereocenters. The second kappa shape index (κ2) is 5.47. The van der Waals surface area contributed by atoms with Crippen molar-refractivity contribution in [3.63, 3.8) is 0 Å². The summed E-state index contributed by atoms with van der Waals surface area (Å²) in [6.07, 6.45) is 2.43. The van der Waals surface area contributed by atoms with Gasteiger partial charge in [0.05, 0.1) is 5.69 Å². The molecule has 7 heteroatoms. The second-order valence-corrected chi connectivity index (χ2v) is 7.57. The van der Waals surface area contributed by atoms with Crippen LogP contribution in [0.5, 0.6) is 0 Å². The SMILES string of the molecule is CNS(=O)(=O)c1cc(N)ccc1N1CCN2CCCC2C1. The van der Waals surface area contributed by atoms with Crippen LogP contribution in [0, 0.1) is 0 Å². The third-order valence-corrected chi connectivity index (χ3v) is 5.91. The largest absolute Gasteiger partial charge is 0.399 e. The number of benzene rings is 1. The molecule has 2 aliphatic heterocycles. The molecule has 0 amide bonds. The molecule has 0 saturated carbocycles. The van der Waals surface area contributed by atoms with Gasteiger partial charge in [-0.15, -0.1) is 0 Å². The second-order valence-electron chi connectivity index (χ2n) is 5.71. The molecule has 1 aromatic rings. The Kier molecular flexibility index (Phi) is 3.81. The van der Waals surface area contributed by atoms with Crippen molar-refractivity contribution in [1.82, 2.24) is 9.62 Å². The van der Waals surface area contributed by atoms with Gasteiger partial charge in [-0.05, 0) is 44.6 Å². The van der Waals surface area contributed by atoms with E-state index in [0.717, 1.165) is 25.3 Å². The lowest BCUT2D eigenvalue weighted by atomic mass is 10.1. The highest BCUT2D eigenvalue weighted by Gasteiger charge is 2.32. The molecule has 3 rings (SSSR count). The molecule has 2 heterocycles. The van der Waals surface area contributed by atoms with Gasteiger partial charge in [0.15, 0.2) is 0 Å². The van der Waals surface area contributed by atoms with Gasteiger partial charge in [-0.1, -0.05) is 0 Å². The average Bonchev–Trinajstić information content (AvgIpc) is 2.94. The number of piperazine rings is 1. The standard InChI is InChI=1S/C14H22N4O2S/c1-16-21(19,20)14-9-11(15)4-5-13(14)18-8-7-17-6-2-3-12(17)10-18/h4-5,9,12,16H,2-3,6-8,10,15H2,1H3. The van der Waals surface area contributed by atoms with E-state index in [9.17, 15) is 8.42 Å². The summed E-state index contributed by atoms with van der Waals surface area (Å²) in [7, 11) is -2.08. The smallest absolute Gasteiger partial charge is 0.242 e. The summed E-state index contributed by atoms with van der Waals surface area (Å²) in [5, 5.41) is 0. The summed E-state index contributed by atoms with van der Waals surface area (Å²) in [5.74, 6) is 0. The highest BCUT2D eigenvalue weighted by molar-refractivity contribution is 7.89. The van der Waals surface area contributed by atoms with E-state index in [0.29, 0.717) is 11.7 Å². The maximum Gasteiger partial charge on any atom is 0.242 e. The Morgan fingerprint density at radius 2 is 2.10 bits per heavy atom. The van der Waals surface area contributed by atoms with Gasteiger partial charge in [0.2, 0.25) is 10.0 Å². The van der Waals surface area contributed by atoms with Gasteiger partial charge >= 0.3 is 0 Å². The first-order valence-electron chi connectivity index (χ1n) is 7.33. The molecule has 21 heavy (non-hydrogen) atoms. The molecule has 2 saturated heterocycles. The zero-order valence-corrected chi connectivity index (χ0v) is 13.1. The Morgan fingerprint density at radius 3 is 2.86 bits per heavy atom. The van der Waals surface area contributed by atoms with Crippen LogP contribution in [0.25, 0.3) is 0 Å². The minimum Gasteiger partial charge on any atom is -0.399 e. The van der Waals surface area contributed by atoms with Crippen LogP contribution >= 0.6 is 0 Å². The van der Waals surface area contributed by atoms with Crippen molar-refractivity contribution in [2.75, 3.05) is 43.9 Å². The molecule has 1 aromatic carbocycles. The average molecular weight is 310 g/mol. The molecule has 3 N–H and O–H groups in total. The third kappa shape index (κ3) is 2.73. The molecule has 0 radical (unpaired) electrons. The first-order chi connectivity index (χ1) is 10.0. The molecular formula is C14H22N4O2S. The van der Waals surface area contributed by atoms with Crippen LogP contribution in [0.1, 0.15) is 12.8 Å². The number of anilines is 2. The van der Waals surface area contributed by atoms with E-state index in [1.165, 1.54) is 26.4 Å². The number of sulfonamides is 1. The van der Waals surface area contributed by atoms with Gasteiger partial charge in [0.1, 0.15) is 4.90 Å². The lowest BCUT2D eigenvalue weighted by molar-refractivity contribution is 0.230. The van der Waals surface area contributed by atoms with E-state index in [1.807, 2.05) is 6.07 Å². The maximum absolute atomic E-state index is 12.2. The number of hydrogen-bond donors (Lipinski definition) is 2. The summed E-state index contributed by atoms with van der Waals surface area (Å²) in [5.41, 5.74) is 6.99. The fourth-order valence-corrected chi connectivity index (χ4v) is 4.31. The monoisotopic (exact) mass is 310 g/mol. The van der Waals surface area contributed by atoms with Gasteiger partial charge in [0, 0.05) is 31.4 Å². The molecule has 0 aliphatic carbocycles. The predicted molar refractivity (Wildman–Crippen MR) is 83.9 cm³/mol. The number of nitrogen functional groups attached to an aromatic ring is 1. The molecular weight excluding hydrogens is 288 g/mol. The highest BCUT2D eigenvalue weighted by atomic mass is 32.2. The Morgan fingerprint density at radius 1 is 1.29 bits per heavy atom. The normalized spacial score (nSPS) is 23.3. The van der Waals surface area contributed by atoms with Crippen LogP contribution in [0.3, 0.4) is 0 Å². The Balaban J connectivity index is 1.95. The summed E-state index contributed by atoms with van der Waals surface area (Å²) >= 11 is 0. The Bertz CT molecular complexity index is 632. The van der Waals surface area contributed by atoms with Crippen LogP contribution < -0.4 is 15.4 Å². The summed E-state index contributed by atoms with van der Waals surface area (Å²) in [6.45, 7) is 3.90. The number of nitrogens with one attached hydrogen (secondary N) is 1. The Hall–Kier alpha value is -1.31. The number of rotatable bonds is 3. The summed E-state index contributed by atoms with van der Waals surface area (Å²) in [6, 6.07) is 5.68. The highest BCUT2D eigenvalue weighted by Crippen LogP contribution is 2.31. The van der Waals surface area contributed by atoms with Crippen LogP contribution in [-0.2, 0) is 10.0 Å². The molecule has 116 valence electrons. The van der Waals surface area contributed by atoms with E-state index < -0.39 is 10.0 Å². The van der Waals surface area contributed by atoms with E-state index in [4.69, 9.17) is 5.73 Å². The fourth-order valence-electron chi connectivity index (χ4n) is 3.33. The van der Waals surface area contributed by atoms with E-state index in [2.05, 4.69) is 14.5 Å². The van der Waals surface area contributed by atoms with Crippen molar-refractivity contribution in [2.45, 2.75) is 23.8 Å². The third-order valence-electron chi connectivity index (χ3n) is 4.47. The number of fused-ring (bicyclic) bond motifs is 1. The van der Waals surface area contributed by atoms with Gasteiger partial charge in [-0.3, -0.25) is 4.90 Å². The molecule has 0 spiro atoms. The van der Waals surface area contributed by atoms with Crippen molar-refractivity contribution in [3.8, 4) is 0 Å². The minimum atomic E-state index is -3.51. The zero-order valence-electron chi connectivity index (χ0n) is 12.2. The molecule has 2 aliphatic rings. The lowest BCUT2D eigenvalue weighted by Gasteiger charge is -2.39. The minimum absolute atomic E-state index is 0.274. The predicted octanol–water partition coefficient (Wildman–Crippen LogP) is 0.461. The molecule has 6 nitrogen and oxygen atoms in total. The van der Waals surface area contributed by atoms with Crippen LogP contribution in [0.15, 0.2) is 23.1 Å². The molecule has 0 bridgehead atoms. The van der Waals surface area contributed by atoms with Crippen molar-refractivity contribution < 1.29 is 8.42 Å². The first kappa shape index (κ1) is 14.6. The number of hydrogen-bond acceptors (Lipinski definition) is 5. The van der Waals surface area contributed by atoms with Gasteiger partial charge in [0.25, 0.3) is 0 Å². The van der Waals surface area contributed by atoms with Crippen LogP contribution in [0.4, 0.5) is 11.4 Å². The zero-order chi connectivity index (χ0) is 15.0. The van der Waals surface area contributed by atoms with Gasteiger partial charge in [-0.25, -0.2) is 13.1 Å². The lowest BCUT2D eigenvalue weighted by Crippen LogP contribution is -2.50. The number of nitrogens with zero attached hydrogens (tertiary/aromatic N) is 2. The van der Waals surface area contributed by atoms with E-state index in [1.54, 1.807) is 12.1 Å². The number of nitrogens with two attached hydrogens (primary N) is 1. The quantitative estimate of drug-likeness (QED) is 0.793. The molecule has 1 unspecified atom stereocenters. The van der Waals surface area contributed by atoms with Crippen LogP contribution in [0.2, 0.25) is 0 Å². The van der Waals surface area contributed by atoms with Crippen molar-refractivity contribution in [2.24, 2.45) is 0 Å². The molecule has 0 aromatic heterocycles. The first-order valence-corrected chi connectivity index (χ1v) is 8.81. The fraction of sp³-hybridized carbons (Fsp3) is 0.571. The van der Waals surface area contributed by atoms with Crippen LogP contribution in [-0.4, -0.2) is 52.6 Å². The van der Waals surface area contributed by atoms with Crippen molar-refractivity contribution >= 4 is 21.4 Å². The van der Waals surface area contributed by atoms with E-state index in [-0.39, 0.29) is 4.90 Å². The Labute approximate surface area is 126 Å². The summed E-state index contributed by atoms with van der Waals surface area (Å²) in [4.78, 5) is 4.95. The van der Waals surface area contributed by atoms with E-state index >= 15 is 0 Å².